The molecule has 2 aromatic heterocycles. The maximum atomic E-state index is 4.22. The van der Waals surface area contributed by atoms with Crippen LogP contribution in [-0.4, -0.2) is 18.1 Å². The zero-order valence-corrected chi connectivity index (χ0v) is 13.1. The summed E-state index contributed by atoms with van der Waals surface area (Å²) in [6.45, 7) is 2.99. The van der Waals surface area contributed by atoms with Crippen LogP contribution in [0.25, 0.3) is 0 Å². The van der Waals surface area contributed by atoms with Crippen LogP contribution in [0.5, 0.6) is 0 Å². The molecular weight excluding hydrogens is 322 g/mol. The molecule has 2 N–H and O–H groups in total. The van der Waals surface area contributed by atoms with Crippen molar-refractivity contribution in [3.63, 3.8) is 0 Å². The maximum Gasteiger partial charge on any atom is 0.125 e. The van der Waals surface area contributed by atoms with Crippen LogP contribution in [0.15, 0.2) is 40.3 Å². The van der Waals surface area contributed by atoms with Gasteiger partial charge >= 0.3 is 0 Å². The molecule has 0 aromatic carbocycles. The normalized spacial score (nSPS) is 10.6. The molecular formula is C14H18BrN3S. The van der Waals surface area contributed by atoms with Gasteiger partial charge < -0.3 is 10.6 Å². The van der Waals surface area contributed by atoms with Crippen LogP contribution < -0.4 is 10.6 Å². The van der Waals surface area contributed by atoms with Crippen molar-refractivity contribution < 1.29 is 0 Å². The van der Waals surface area contributed by atoms with Crippen molar-refractivity contribution in [2.24, 2.45) is 0 Å². The van der Waals surface area contributed by atoms with Gasteiger partial charge in [-0.25, -0.2) is 4.98 Å². The fraction of sp³-hybridized carbons (Fsp3) is 0.357. The van der Waals surface area contributed by atoms with Crippen molar-refractivity contribution in [2.75, 3.05) is 18.4 Å². The average molecular weight is 340 g/mol. The molecule has 0 radical (unpaired) electrons. The first-order valence-corrected chi connectivity index (χ1v) is 8.10. The van der Waals surface area contributed by atoms with E-state index < -0.39 is 0 Å². The third-order valence-corrected chi connectivity index (χ3v) is 4.37. The number of aromatic nitrogens is 1. The number of rotatable bonds is 8. The smallest absolute Gasteiger partial charge is 0.125 e. The largest absolute Gasteiger partial charge is 0.370 e. The van der Waals surface area contributed by atoms with Crippen molar-refractivity contribution in [3.8, 4) is 0 Å². The molecule has 2 heterocycles. The van der Waals surface area contributed by atoms with E-state index in [9.17, 15) is 0 Å². The van der Waals surface area contributed by atoms with E-state index in [1.54, 1.807) is 11.3 Å². The van der Waals surface area contributed by atoms with Crippen LogP contribution in [0.3, 0.4) is 0 Å². The molecule has 0 spiro atoms. The van der Waals surface area contributed by atoms with Gasteiger partial charge in [0.2, 0.25) is 0 Å². The van der Waals surface area contributed by atoms with Gasteiger partial charge in [0.1, 0.15) is 5.82 Å². The number of halogens is 1. The Kier molecular flexibility index (Phi) is 6.33. The lowest BCUT2D eigenvalue weighted by Gasteiger charge is -2.05. The number of nitrogens with zero attached hydrogens (tertiary/aromatic N) is 1. The number of thiophene rings is 1. The molecule has 102 valence electrons. The Morgan fingerprint density at radius 1 is 1.21 bits per heavy atom. The third-order valence-electron chi connectivity index (χ3n) is 2.67. The van der Waals surface area contributed by atoms with Crippen LogP contribution in [0.2, 0.25) is 0 Å². The summed E-state index contributed by atoms with van der Waals surface area (Å²) in [6.07, 6.45) is 4.13. The van der Waals surface area contributed by atoms with E-state index in [4.69, 9.17) is 0 Å². The first kappa shape index (κ1) is 14.5. The quantitative estimate of drug-likeness (QED) is 0.716. The van der Waals surface area contributed by atoms with E-state index in [-0.39, 0.29) is 0 Å². The minimum atomic E-state index is 0.957. The third kappa shape index (κ3) is 5.72. The lowest BCUT2D eigenvalue weighted by Crippen LogP contribution is -2.15. The second kappa shape index (κ2) is 8.30. The maximum absolute atomic E-state index is 4.22. The summed E-state index contributed by atoms with van der Waals surface area (Å²) in [4.78, 5) is 5.60. The summed E-state index contributed by atoms with van der Waals surface area (Å²) >= 11 is 5.25. The van der Waals surface area contributed by atoms with E-state index in [0.29, 0.717) is 0 Å². The highest BCUT2D eigenvalue weighted by atomic mass is 79.9. The summed E-state index contributed by atoms with van der Waals surface area (Å²) in [5.41, 5.74) is 0. The molecule has 19 heavy (non-hydrogen) atoms. The molecule has 0 aliphatic heterocycles. The SMILES string of the molecule is Brc1csc(CNCCCCNc2ccccn2)c1. The zero-order valence-electron chi connectivity index (χ0n) is 10.7. The van der Waals surface area contributed by atoms with Crippen LogP contribution in [0.1, 0.15) is 17.7 Å². The highest BCUT2D eigenvalue weighted by molar-refractivity contribution is 9.10. The van der Waals surface area contributed by atoms with Gasteiger partial charge in [0.15, 0.2) is 0 Å². The number of nitrogens with one attached hydrogen (secondary N) is 2. The Labute approximate surface area is 126 Å². The number of hydrogen-bond acceptors (Lipinski definition) is 4. The fourth-order valence-corrected chi connectivity index (χ4v) is 3.14. The summed E-state index contributed by atoms with van der Waals surface area (Å²) in [5, 5.41) is 8.89. The van der Waals surface area contributed by atoms with Crippen molar-refractivity contribution in [1.82, 2.24) is 10.3 Å². The second-order valence-electron chi connectivity index (χ2n) is 4.26. The average Bonchev–Trinajstić information content (AvgIpc) is 2.85. The van der Waals surface area contributed by atoms with E-state index in [0.717, 1.165) is 31.9 Å². The van der Waals surface area contributed by atoms with Gasteiger partial charge in [-0.1, -0.05) is 6.07 Å². The second-order valence-corrected chi connectivity index (χ2v) is 6.17. The molecule has 0 amide bonds. The topological polar surface area (TPSA) is 37.0 Å². The molecule has 0 saturated heterocycles. The molecule has 0 atom stereocenters. The molecule has 2 rings (SSSR count). The molecule has 3 nitrogen and oxygen atoms in total. The highest BCUT2D eigenvalue weighted by Crippen LogP contribution is 2.19. The number of anilines is 1. The fourth-order valence-electron chi connectivity index (χ4n) is 1.72. The van der Waals surface area contributed by atoms with Crippen molar-refractivity contribution >= 4 is 33.1 Å². The van der Waals surface area contributed by atoms with Crippen LogP contribution >= 0.6 is 27.3 Å². The van der Waals surface area contributed by atoms with Crippen molar-refractivity contribution in [1.29, 1.82) is 0 Å². The van der Waals surface area contributed by atoms with Crippen LogP contribution in [-0.2, 0) is 6.54 Å². The molecule has 0 bridgehead atoms. The minimum Gasteiger partial charge on any atom is -0.370 e. The van der Waals surface area contributed by atoms with E-state index in [1.165, 1.54) is 15.8 Å². The van der Waals surface area contributed by atoms with Gasteiger partial charge in [-0.15, -0.1) is 11.3 Å². The number of pyridine rings is 1. The molecule has 0 aliphatic carbocycles. The Hall–Kier alpha value is -0.910. The highest BCUT2D eigenvalue weighted by Gasteiger charge is 1.96. The minimum absolute atomic E-state index is 0.957. The Morgan fingerprint density at radius 3 is 2.84 bits per heavy atom. The van der Waals surface area contributed by atoms with Gasteiger partial charge in [-0.2, -0.15) is 0 Å². The van der Waals surface area contributed by atoms with Crippen molar-refractivity contribution in [3.05, 3.63) is 45.2 Å². The van der Waals surface area contributed by atoms with Crippen LogP contribution in [0.4, 0.5) is 5.82 Å². The summed E-state index contributed by atoms with van der Waals surface area (Å²) in [6, 6.07) is 8.08. The van der Waals surface area contributed by atoms with Crippen LogP contribution in [0, 0.1) is 0 Å². The zero-order chi connectivity index (χ0) is 13.3. The summed E-state index contributed by atoms with van der Waals surface area (Å²) in [7, 11) is 0. The van der Waals surface area contributed by atoms with Gasteiger partial charge in [-0.05, 0) is 53.5 Å². The lowest BCUT2D eigenvalue weighted by atomic mass is 10.3. The van der Waals surface area contributed by atoms with E-state index >= 15 is 0 Å². The summed E-state index contributed by atoms with van der Waals surface area (Å²) in [5.74, 6) is 0.957. The Balaban J connectivity index is 1.48. The Bertz CT molecular complexity index is 473. The molecule has 5 heteroatoms. The molecule has 2 aromatic rings. The number of hydrogen-bond donors (Lipinski definition) is 2. The molecule has 0 fully saturated rings. The number of unbranched alkanes of at least 4 members (excludes halogenated alkanes) is 1. The van der Waals surface area contributed by atoms with Gasteiger partial charge in [0.25, 0.3) is 0 Å². The predicted molar refractivity (Wildman–Crippen MR) is 85.7 cm³/mol. The molecule has 0 unspecified atom stereocenters. The molecule has 0 aliphatic rings. The summed E-state index contributed by atoms with van der Waals surface area (Å²) < 4.78 is 1.17. The molecule has 0 saturated carbocycles. The first-order valence-electron chi connectivity index (χ1n) is 6.43. The van der Waals surface area contributed by atoms with Gasteiger partial charge in [0.05, 0.1) is 0 Å². The Morgan fingerprint density at radius 2 is 2.11 bits per heavy atom. The van der Waals surface area contributed by atoms with Crippen molar-refractivity contribution in [2.45, 2.75) is 19.4 Å². The standard InChI is InChI=1S/C14H18BrN3S/c15-12-9-13(19-11-12)10-16-6-3-4-8-18-14-5-1-2-7-17-14/h1-2,5,7,9,11,16H,3-4,6,8,10H2,(H,17,18). The lowest BCUT2D eigenvalue weighted by molar-refractivity contribution is 0.636. The van der Waals surface area contributed by atoms with Gasteiger partial charge in [-0.3, -0.25) is 0 Å². The first-order chi connectivity index (χ1) is 9.34. The monoisotopic (exact) mass is 339 g/mol. The van der Waals surface area contributed by atoms with E-state index in [1.807, 2.05) is 24.4 Å². The van der Waals surface area contributed by atoms with E-state index in [2.05, 4.69) is 43.0 Å². The predicted octanol–water partition coefficient (Wildman–Crippen LogP) is 3.89. The van der Waals surface area contributed by atoms with Gasteiger partial charge in [0, 0.05) is 34.0 Å².